The second-order valence-corrected chi connectivity index (χ2v) is 5.76. The first-order valence-corrected chi connectivity index (χ1v) is 8.73. The molecule has 1 heterocycles. The number of hydrogen-bond acceptors (Lipinski definition) is 6. The number of alkyl halides is 3. The van der Waals surface area contributed by atoms with Crippen molar-refractivity contribution < 1.29 is 37.0 Å². The number of piperidine rings is 1. The summed E-state index contributed by atoms with van der Waals surface area (Å²) in [5, 5.41) is 5.13. The highest BCUT2D eigenvalue weighted by Gasteiger charge is 2.49. The fourth-order valence-corrected chi connectivity index (χ4v) is 2.83. The van der Waals surface area contributed by atoms with Gasteiger partial charge in [-0.05, 0) is 33.7 Å². The monoisotopic (exact) mass is 384 g/mol. The minimum absolute atomic E-state index is 0.0480. The summed E-state index contributed by atoms with van der Waals surface area (Å²) in [6, 6.07) is -1.35. The molecule has 1 aliphatic heterocycles. The minimum atomic E-state index is -4.50. The predicted molar refractivity (Wildman–Crippen MR) is 86.1 cm³/mol. The Bertz CT molecular complexity index is 456. The minimum Gasteiger partial charge on any atom is -0.464 e. The highest BCUT2D eigenvalue weighted by atomic mass is 19.4. The highest BCUT2D eigenvalue weighted by molar-refractivity contribution is 5.86. The van der Waals surface area contributed by atoms with Gasteiger partial charge in [-0.15, -0.1) is 0 Å². The van der Waals surface area contributed by atoms with Crippen molar-refractivity contribution in [1.29, 1.82) is 0 Å². The standard InChI is InChI=1S/C16H27F3N2O5/c1-4-24-14(23)12(15(25-5-2)26-6-3)21-13(22)10-9-20-8-7-11(10)16(17,18)19/h10-12,15,20H,4-9H2,1-3H3,(H,21,22). The van der Waals surface area contributed by atoms with Crippen LogP contribution in [0.15, 0.2) is 0 Å². The summed E-state index contributed by atoms with van der Waals surface area (Å²) in [5.74, 6) is -4.82. The molecule has 1 rings (SSSR count). The van der Waals surface area contributed by atoms with Crippen LogP contribution in [0.25, 0.3) is 0 Å². The molecule has 3 unspecified atom stereocenters. The smallest absolute Gasteiger partial charge is 0.392 e. The molecule has 0 aromatic rings. The number of carbonyl (C=O) groups excluding carboxylic acids is 2. The summed E-state index contributed by atoms with van der Waals surface area (Å²) in [6.45, 7) is 5.39. The number of halogens is 3. The molecule has 1 aliphatic rings. The third-order valence-electron chi connectivity index (χ3n) is 4.01. The Morgan fingerprint density at radius 1 is 1.15 bits per heavy atom. The van der Waals surface area contributed by atoms with Gasteiger partial charge < -0.3 is 24.8 Å². The molecule has 2 N–H and O–H groups in total. The molecule has 1 saturated heterocycles. The first-order chi connectivity index (χ1) is 12.3. The second-order valence-electron chi connectivity index (χ2n) is 5.76. The summed E-state index contributed by atoms with van der Waals surface area (Å²) in [4.78, 5) is 24.7. The van der Waals surface area contributed by atoms with Gasteiger partial charge in [-0.2, -0.15) is 13.2 Å². The SMILES string of the molecule is CCOC(=O)C(NC(=O)C1CNCCC1C(F)(F)F)C(OCC)OCC. The second kappa shape index (κ2) is 10.7. The molecule has 3 atom stereocenters. The van der Waals surface area contributed by atoms with E-state index in [1.165, 1.54) is 0 Å². The van der Waals surface area contributed by atoms with E-state index in [4.69, 9.17) is 14.2 Å². The first kappa shape index (κ1) is 22.7. The third kappa shape index (κ3) is 6.40. The number of nitrogens with one attached hydrogen (secondary N) is 2. The van der Waals surface area contributed by atoms with Gasteiger partial charge in [0.25, 0.3) is 0 Å². The highest BCUT2D eigenvalue weighted by Crippen LogP contribution is 2.36. The normalized spacial score (nSPS) is 22.1. The molecule has 0 aliphatic carbocycles. The van der Waals surface area contributed by atoms with Gasteiger partial charge >= 0.3 is 12.1 Å². The maximum atomic E-state index is 13.2. The first-order valence-electron chi connectivity index (χ1n) is 8.73. The van der Waals surface area contributed by atoms with Crippen molar-refractivity contribution in [3.05, 3.63) is 0 Å². The lowest BCUT2D eigenvalue weighted by atomic mass is 9.85. The van der Waals surface area contributed by atoms with Gasteiger partial charge in [-0.1, -0.05) is 0 Å². The molecule has 0 saturated carbocycles. The van der Waals surface area contributed by atoms with Gasteiger partial charge in [-0.25, -0.2) is 4.79 Å². The quantitative estimate of drug-likeness (QED) is 0.459. The van der Waals surface area contributed by atoms with Gasteiger partial charge in [-0.3, -0.25) is 4.79 Å². The topological polar surface area (TPSA) is 85.9 Å². The number of hydrogen-bond donors (Lipinski definition) is 2. The van der Waals surface area contributed by atoms with Crippen LogP contribution in [0.5, 0.6) is 0 Å². The van der Waals surface area contributed by atoms with E-state index in [0.29, 0.717) is 0 Å². The molecule has 0 radical (unpaired) electrons. The lowest BCUT2D eigenvalue weighted by Gasteiger charge is -2.34. The average Bonchev–Trinajstić information content (AvgIpc) is 2.58. The molecular formula is C16H27F3N2O5. The lowest BCUT2D eigenvalue weighted by molar-refractivity contribution is -0.198. The molecular weight excluding hydrogens is 357 g/mol. The van der Waals surface area contributed by atoms with Gasteiger partial charge in [0.1, 0.15) is 0 Å². The van der Waals surface area contributed by atoms with Crippen molar-refractivity contribution in [3.63, 3.8) is 0 Å². The Kier molecular flexibility index (Phi) is 9.31. The van der Waals surface area contributed by atoms with Crippen molar-refractivity contribution in [3.8, 4) is 0 Å². The van der Waals surface area contributed by atoms with E-state index in [9.17, 15) is 22.8 Å². The molecule has 0 aromatic carbocycles. The Morgan fingerprint density at radius 2 is 1.77 bits per heavy atom. The van der Waals surface area contributed by atoms with Gasteiger partial charge in [0.05, 0.1) is 18.4 Å². The summed E-state index contributed by atoms with van der Waals surface area (Å²) >= 11 is 0. The summed E-state index contributed by atoms with van der Waals surface area (Å²) < 4.78 is 55.2. The van der Waals surface area contributed by atoms with Crippen LogP contribution in [-0.2, 0) is 23.8 Å². The van der Waals surface area contributed by atoms with Gasteiger partial charge in [0.15, 0.2) is 12.3 Å². The Labute approximate surface area is 150 Å². The number of carbonyl (C=O) groups is 2. The number of rotatable bonds is 9. The van der Waals surface area contributed by atoms with E-state index in [2.05, 4.69) is 10.6 Å². The average molecular weight is 384 g/mol. The van der Waals surface area contributed by atoms with E-state index in [1.807, 2.05) is 0 Å². The molecule has 7 nitrogen and oxygen atoms in total. The zero-order valence-corrected chi connectivity index (χ0v) is 15.2. The third-order valence-corrected chi connectivity index (χ3v) is 4.01. The zero-order chi connectivity index (χ0) is 19.7. The van der Waals surface area contributed by atoms with E-state index >= 15 is 0 Å². The van der Waals surface area contributed by atoms with Crippen molar-refractivity contribution in [1.82, 2.24) is 10.6 Å². The van der Waals surface area contributed by atoms with E-state index in [1.54, 1.807) is 20.8 Å². The summed E-state index contributed by atoms with van der Waals surface area (Å²) in [6.07, 6.45) is -5.84. The fourth-order valence-electron chi connectivity index (χ4n) is 2.83. The summed E-state index contributed by atoms with van der Waals surface area (Å²) in [7, 11) is 0. The largest absolute Gasteiger partial charge is 0.464 e. The van der Waals surface area contributed by atoms with Crippen molar-refractivity contribution in [2.75, 3.05) is 32.9 Å². The van der Waals surface area contributed by atoms with Crippen LogP contribution in [0.4, 0.5) is 13.2 Å². The van der Waals surface area contributed by atoms with Crippen LogP contribution in [0.3, 0.4) is 0 Å². The maximum absolute atomic E-state index is 13.2. The van der Waals surface area contributed by atoms with Crippen molar-refractivity contribution >= 4 is 11.9 Å². The van der Waals surface area contributed by atoms with Crippen LogP contribution >= 0.6 is 0 Å². The van der Waals surface area contributed by atoms with Crippen LogP contribution in [0.1, 0.15) is 27.2 Å². The summed E-state index contributed by atoms with van der Waals surface area (Å²) in [5.41, 5.74) is 0. The molecule has 0 aromatic heterocycles. The van der Waals surface area contributed by atoms with Gasteiger partial charge in [0.2, 0.25) is 5.91 Å². The molecule has 26 heavy (non-hydrogen) atoms. The molecule has 10 heteroatoms. The van der Waals surface area contributed by atoms with Crippen LogP contribution in [0, 0.1) is 11.8 Å². The van der Waals surface area contributed by atoms with E-state index < -0.39 is 42.2 Å². The van der Waals surface area contributed by atoms with Crippen LogP contribution < -0.4 is 10.6 Å². The molecule has 0 spiro atoms. The molecule has 0 bridgehead atoms. The van der Waals surface area contributed by atoms with E-state index in [0.717, 1.165) is 0 Å². The lowest BCUT2D eigenvalue weighted by Crippen LogP contribution is -2.57. The van der Waals surface area contributed by atoms with Crippen molar-refractivity contribution in [2.45, 2.75) is 45.7 Å². The Morgan fingerprint density at radius 3 is 2.27 bits per heavy atom. The number of esters is 1. The van der Waals surface area contributed by atoms with Gasteiger partial charge in [0, 0.05) is 19.8 Å². The van der Waals surface area contributed by atoms with Crippen LogP contribution in [0.2, 0.25) is 0 Å². The van der Waals surface area contributed by atoms with Crippen LogP contribution in [-0.4, -0.2) is 63.3 Å². The number of ether oxygens (including phenoxy) is 3. The van der Waals surface area contributed by atoms with E-state index in [-0.39, 0.29) is 39.3 Å². The molecule has 152 valence electrons. The van der Waals surface area contributed by atoms with Crippen molar-refractivity contribution in [2.24, 2.45) is 11.8 Å². The molecule has 1 fully saturated rings. The fraction of sp³-hybridized carbons (Fsp3) is 0.875. The molecule has 1 amide bonds. The maximum Gasteiger partial charge on any atom is 0.392 e. The Hall–Kier alpha value is -1.39. The number of amides is 1. The Balaban J connectivity index is 2.96. The zero-order valence-electron chi connectivity index (χ0n) is 15.2. The predicted octanol–water partition coefficient (Wildman–Crippen LogP) is 1.22.